The maximum atomic E-state index is 10.8. The molecule has 4 nitrogen and oxygen atoms in total. The first-order valence-electron chi connectivity index (χ1n) is 7.08. The zero-order chi connectivity index (χ0) is 13.8. The van der Waals surface area contributed by atoms with E-state index in [1.807, 2.05) is 6.92 Å². The van der Waals surface area contributed by atoms with Crippen molar-refractivity contribution in [2.75, 3.05) is 0 Å². The van der Waals surface area contributed by atoms with Gasteiger partial charge in [0.05, 0.1) is 6.10 Å². The maximum Gasteiger partial charge on any atom is 0.371 e. The Bertz CT molecular complexity index is 424. The minimum Gasteiger partial charge on any atom is -0.475 e. The van der Waals surface area contributed by atoms with Crippen molar-refractivity contribution < 1.29 is 19.1 Å². The van der Waals surface area contributed by atoms with E-state index in [9.17, 15) is 4.79 Å². The molecule has 0 radical (unpaired) electrons. The molecular formula is C15H22O4. The van der Waals surface area contributed by atoms with Gasteiger partial charge in [-0.1, -0.05) is 26.2 Å². The minimum absolute atomic E-state index is 0.0273. The third kappa shape index (κ3) is 3.60. The van der Waals surface area contributed by atoms with Crippen LogP contribution in [-0.2, 0) is 4.74 Å². The van der Waals surface area contributed by atoms with E-state index in [-0.39, 0.29) is 18.0 Å². The molecule has 4 heteroatoms. The fraction of sp³-hybridized carbons (Fsp3) is 0.667. The molecule has 1 saturated carbocycles. The van der Waals surface area contributed by atoms with E-state index in [4.69, 9.17) is 14.3 Å². The van der Waals surface area contributed by atoms with E-state index in [1.165, 1.54) is 25.3 Å². The number of ether oxygens (including phenoxy) is 1. The Balaban J connectivity index is 1.92. The van der Waals surface area contributed by atoms with Gasteiger partial charge in [-0.3, -0.25) is 0 Å². The first kappa shape index (κ1) is 14.1. The molecule has 0 amide bonds. The number of rotatable bonds is 5. The summed E-state index contributed by atoms with van der Waals surface area (Å²) >= 11 is 0. The smallest absolute Gasteiger partial charge is 0.371 e. The van der Waals surface area contributed by atoms with E-state index in [1.54, 1.807) is 6.07 Å². The lowest BCUT2D eigenvalue weighted by Crippen LogP contribution is -2.23. The fourth-order valence-corrected chi connectivity index (χ4v) is 2.78. The Morgan fingerprint density at radius 3 is 2.95 bits per heavy atom. The average molecular weight is 266 g/mol. The van der Waals surface area contributed by atoms with Crippen LogP contribution in [0.1, 0.15) is 68.4 Å². The van der Waals surface area contributed by atoms with Gasteiger partial charge in [0.2, 0.25) is 5.76 Å². The van der Waals surface area contributed by atoms with Gasteiger partial charge in [0, 0.05) is 0 Å². The summed E-state index contributed by atoms with van der Waals surface area (Å²) in [6, 6.07) is 3.17. The highest BCUT2D eigenvalue weighted by atomic mass is 16.5. The standard InChI is InChI=1S/C15H22O4/c1-3-11-5-4-6-12(9-11)18-10(2)13-7-8-14(19-13)15(16)17/h7-8,10-12H,3-6,9H2,1-2H3,(H,16,17). The predicted molar refractivity (Wildman–Crippen MR) is 71.2 cm³/mol. The lowest BCUT2D eigenvalue weighted by Gasteiger charge is -2.30. The summed E-state index contributed by atoms with van der Waals surface area (Å²) in [5, 5.41) is 8.83. The quantitative estimate of drug-likeness (QED) is 0.874. The summed E-state index contributed by atoms with van der Waals surface area (Å²) in [4.78, 5) is 10.8. The number of carboxylic acid groups (broad SMARTS) is 1. The van der Waals surface area contributed by atoms with Crippen molar-refractivity contribution in [2.45, 2.75) is 58.2 Å². The second-order valence-electron chi connectivity index (χ2n) is 5.35. The van der Waals surface area contributed by atoms with E-state index in [0.29, 0.717) is 5.76 Å². The number of aromatic carboxylic acids is 1. The molecule has 1 N–H and O–H groups in total. The van der Waals surface area contributed by atoms with Gasteiger partial charge in [-0.2, -0.15) is 0 Å². The van der Waals surface area contributed by atoms with Crippen LogP contribution in [0.2, 0.25) is 0 Å². The van der Waals surface area contributed by atoms with Crippen molar-refractivity contribution in [2.24, 2.45) is 5.92 Å². The Kier molecular flexibility index (Phi) is 4.64. The molecule has 106 valence electrons. The molecule has 3 unspecified atom stereocenters. The number of hydrogen-bond acceptors (Lipinski definition) is 3. The van der Waals surface area contributed by atoms with Crippen LogP contribution in [0.3, 0.4) is 0 Å². The second kappa shape index (κ2) is 6.24. The first-order valence-corrected chi connectivity index (χ1v) is 7.08. The Hall–Kier alpha value is -1.29. The van der Waals surface area contributed by atoms with Crippen LogP contribution >= 0.6 is 0 Å². The molecule has 0 saturated heterocycles. The summed E-state index contributed by atoms with van der Waals surface area (Å²) in [6.07, 6.45) is 6.00. The number of carbonyl (C=O) groups is 1. The molecule has 19 heavy (non-hydrogen) atoms. The second-order valence-corrected chi connectivity index (χ2v) is 5.35. The summed E-state index contributed by atoms with van der Waals surface area (Å²) in [7, 11) is 0. The highest BCUT2D eigenvalue weighted by Gasteiger charge is 2.24. The van der Waals surface area contributed by atoms with Crippen LogP contribution in [0.25, 0.3) is 0 Å². The predicted octanol–water partition coefficient (Wildman–Crippen LogP) is 4.02. The average Bonchev–Trinajstić information content (AvgIpc) is 2.89. The van der Waals surface area contributed by atoms with Crippen molar-refractivity contribution in [3.63, 3.8) is 0 Å². The van der Waals surface area contributed by atoms with Crippen molar-refractivity contribution in [1.29, 1.82) is 0 Å². The van der Waals surface area contributed by atoms with Crippen molar-refractivity contribution in [3.05, 3.63) is 23.7 Å². The van der Waals surface area contributed by atoms with Crippen LogP contribution in [0.4, 0.5) is 0 Å². The van der Waals surface area contributed by atoms with Gasteiger partial charge in [0.15, 0.2) is 0 Å². The van der Waals surface area contributed by atoms with Crippen LogP contribution in [0.15, 0.2) is 16.5 Å². The largest absolute Gasteiger partial charge is 0.475 e. The van der Waals surface area contributed by atoms with Crippen molar-refractivity contribution in [1.82, 2.24) is 0 Å². The minimum atomic E-state index is -1.04. The van der Waals surface area contributed by atoms with E-state index in [2.05, 4.69) is 6.92 Å². The molecule has 1 fully saturated rings. The zero-order valence-electron chi connectivity index (χ0n) is 11.6. The molecule has 0 spiro atoms. The normalized spacial score (nSPS) is 25.2. The molecule has 1 aliphatic carbocycles. The molecule has 2 rings (SSSR count). The van der Waals surface area contributed by atoms with Crippen molar-refractivity contribution in [3.8, 4) is 0 Å². The van der Waals surface area contributed by atoms with Crippen LogP contribution in [0, 0.1) is 5.92 Å². The van der Waals surface area contributed by atoms with E-state index >= 15 is 0 Å². The van der Waals surface area contributed by atoms with Gasteiger partial charge in [-0.25, -0.2) is 4.79 Å². The first-order chi connectivity index (χ1) is 9.10. The van der Waals surface area contributed by atoms with Gasteiger partial charge in [-0.15, -0.1) is 0 Å². The monoisotopic (exact) mass is 266 g/mol. The molecule has 1 aromatic heterocycles. The highest BCUT2D eigenvalue weighted by Crippen LogP contribution is 2.32. The van der Waals surface area contributed by atoms with Gasteiger partial charge in [0.25, 0.3) is 0 Å². The Morgan fingerprint density at radius 1 is 1.53 bits per heavy atom. The van der Waals surface area contributed by atoms with Gasteiger partial charge < -0.3 is 14.3 Å². The summed E-state index contributed by atoms with van der Waals surface area (Å²) in [5.41, 5.74) is 0. The number of hydrogen-bond donors (Lipinski definition) is 1. The molecule has 1 aromatic rings. The molecule has 0 aliphatic heterocycles. The summed E-state index contributed by atoms with van der Waals surface area (Å²) in [6.45, 7) is 4.14. The molecule has 1 aliphatic rings. The van der Waals surface area contributed by atoms with Crippen LogP contribution < -0.4 is 0 Å². The van der Waals surface area contributed by atoms with Crippen LogP contribution in [-0.4, -0.2) is 17.2 Å². The van der Waals surface area contributed by atoms with Crippen molar-refractivity contribution >= 4 is 5.97 Å². The van der Waals surface area contributed by atoms with Crippen LogP contribution in [0.5, 0.6) is 0 Å². The topological polar surface area (TPSA) is 59.7 Å². The summed E-state index contributed by atoms with van der Waals surface area (Å²) in [5.74, 6) is 0.288. The third-order valence-corrected chi connectivity index (χ3v) is 3.95. The number of furan rings is 1. The third-order valence-electron chi connectivity index (χ3n) is 3.95. The lowest BCUT2D eigenvalue weighted by molar-refractivity contribution is -0.0425. The molecule has 1 heterocycles. The molecule has 0 aromatic carbocycles. The fourth-order valence-electron chi connectivity index (χ4n) is 2.78. The summed E-state index contributed by atoms with van der Waals surface area (Å²) < 4.78 is 11.3. The van der Waals surface area contributed by atoms with Gasteiger partial charge >= 0.3 is 5.97 Å². The molecule has 0 bridgehead atoms. The molecular weight excluding hydrogens is 244 g/mol. The number of carboxylic acids is 1. The van der Waals surface area contributed by atoms with E-state index in [0.717, 1.165) is 18.8 Å². The maximum absolute atomic E-state index is 10.8. The SMILES string of the molecule is CCC1CCCC(OC(C)c2ccc(C(=O)O)o2)C1. The van der Waals surface area contributed by atoms with Gasteiger partial charge in [0.1, 0.15) is 11.9 Å². The Labute approximate surface area is 113 Å². The Morgan fingerprint density at radius 2 is 2.32 bits per heavy atom. The van der Waals surface area contributed by atoms with Gasteiger partial charge in [-0.05, 0) is 37.8 Å². The zero-order valence-corrected chi connectivity index (χ0v) is 11.6. The van der Waals surface area contributed by atoms with E-state index < -0.39 is 5.97 Å². The highest BCUT2D eigenvalue weighted by molar-refractivity contribution is 5.84. The lowest BCUT2D eigenvalue weighted by atomic mass is 9.85. The molecule has 3 atom stereocenters.